The van der Waals surface area contributed by atoms with Crippen LogP contribution < -0.4 is 5.32 Å². The van der Waals surface area contributed by atoms with Crippen LogP contribution in [0.4, 0.5) is 5.13 Å². The van der Waals surface area contributed by atoms with E-state index in [1.165, 1.54) is 35.8 Å². The lowest BCUT2D eigenvalue weighted by atomic mass is 10.2. The smallest absolute Gasteiger partial charge is 0.250 e. The normalized spacial score (nSPS) is 11.8. The van der Waals surface area contributed by atoms with Gasteiger partial charge in [0, 0.05) is 31.1 Å². The third kappa shape index (κ3) is 4.72. The number of nitrogens with one attached hydrogen (secondary N) is 1. The van der Waals surface area contributed by atoms with Gasteiger partial charge in [-0.3, -0.25) is 10.1 Å². The summed E-state index contributed by atoms with van der Waals surface area (Å²) in [6.07, 6.45) is 3.19. The number of sulfonamides is 1. The minimum atomic E-state index is -3.46. The molecule has 0 fully saturated rings. The summed E-state index contributed by atoms with van der Waals surface area (Å²) >= 11 is 1.31. The molecule has 0 saturated heterocycles. The molecule has 28 heavy (non-hydrogen) atoms. The second-order valence-corrected chi connectivity index (χ2v) is 9.09. The molecule has 3 rings (SSSR count). The summed E-state index contributed by atoms with van der Waals surface area (Å²) in [5.41, 5.74) is 2.38. The third-order valence-corrected chi connectivity index (χ3v) is 6.48. The monoisotopic (exact) mass is 413 g/mol. The molecule has 0 aliphatic heterocycles. The van der Waals surface area contributed by atoms with E-state index in [1.807, 2.05) is 35.7 Å². The molecule has 0 saturated carbocycles. The summed E-state index contributed by atoms with van der Waals surface area (Å²) in [7, 11) is -0.483. The number of aromatic nitrogens is 1. The highest BCUT2D eigenvalue weighted by molar-refractivity contribution is 7.89. The zero-order valence-corrected chi connectivity index (χ0v) is 17.0. The molecule has 6 nitrogen and oxygen atoms in total. The largest absolute Gasteiger partial charge is 0.298 e. The van der Waals surface area contributed by atoms with Crippen LogP contribution in [0.3, 0.4) is 0 Å². The van der Waals surface area contributed by atoms with Crippen molar-refractivity contribution in [3.8, 4) is 11.3 Å². The van der Waals surface area contributed by atoms with Crippen LogP contribution in [-0.4, -0.2) is 37.7 Å². The van der Waals surface area contributed by atoms with Gasteiger partial charge in [-0.1, -0.05) is 42.5 Å². The molecule has 0 bridgehead atoms. The van der Waals surface area contributed by atoms with Gasteiger partial charge in [0.1, 0.15) is 0 Å². The molecule has 0 radical (unpaired) electrons. The minimum absolute atomic E-state index is 0.219. The SMILES string of the molecule is CN(C)S(=O)(=O)c1ccc(-c2csc(NC(=O)C=Cc3ccccc3)n2)cc1. The van der Waals surface area contributed by atoms with Crippen LogP contribution in [0, 0.1) is 0 Å². The fraction of sp³-hybridized carbons (Fsp3) is 0.100. The Morgan fingerprint density at radius 2 is 1.75 bits per heavy atom. The molecule has 2 aromatic carbocycles. The van der Waals surface area contributed by atoms with Gasteiger partial charge in [-0.05, 0) is 23.8 Å². The average Bonchev–Trinajstić information content (AvgIpc) is 3.15. The van der Waals surface area contributed by atoms with Crippen molar-refractivity contribution in [3.05, 3.63) is 71.6 Å². The molecule has 8 heteroatoms. The molecule has 3 aromatic rings. The molecular formula is C20H19N3O3S2. The first-order chi connectivity index (χ1) is 13.4. The Labute approximate surface area is 168 Å². The lowest BCUT2D eigenvalue weighted by Crippen LogP contribution is -2.22. The first kappa shape index (κ1) is 19.9. The van der Waals surface area contributed by atoms with Gasteiger partial charge < -0.3 is 0 Å². The van der Waals surface area contributed by atoms with Gasteiger partial charge in [0.05, 0.1) is 10.6 Å². The van der Waals surface area contributed by atoms with E-state index < -0.39 is 10.0 Å². The predicted octanol–water partition coefficient (Wildman–Crippen LogP) is 3.71. The second-order valence-electron chi connectivity index (χ2n) is 6.08. The highest BCUT2D eigenvalue weighted by Crippen LogP contribution is 2.26. The van der Waals surface area contributed by atoms with E-state index in [9.17, 15) is 13.2 Å². The standard InChI is InChI=1S/C20H19N3O3S2/c1-23(2)28(25,26)17-11-9-16(10-12-17)18-14-27-20(21-18)22-19(24)13-8-15-6-4-3-5-7-15/h3-14H,1-2H3,(H,21,22,24). The summed E-state index contributed by atoms with van der Waals surface area (Å²) in [5, 5.41) is 5.02. The van der Waals surface area contributed by atoms with Crippen LogP contribution in [0.15, 0.2) is 70.9 Å². The fourth-order valence-electron chi connectivity index (χ4n) is 2.36. The third-order valence-electron chi connectivity index (χ3n) is 3.89. The zero-order chi connectivity index (χ0) is 20.1. The Balaban J connectivity index is 1.68. The topological polar surface area (TPSA) is 79.4 Å². The average molecular weight is 414 g/mol. The van der Waals surface area contributed by atoms with Crippen LogP contribution >= 0.6 is 11.3 Å². The summed E-state index contributed by atoms with van der Waals surface area (Å²) in [6, 6.07) is 16.0. The van der Waals surface area contributed by atoms with Crippen molar-refractivity contribution in [2.24, 2.45) is 0 Å². The highest BCUT2D eigenvalue weighted by Gasteiger charge is 2.17. The van der Waals surface area contributed by atoms with Crippen molar-refractivity contribution >= 4 is 38.5 Å². The van der Waals surface area contributed by atoms with E-state index in [0.29, 0.717) is 10.8 Å². The van der Waals surface area contributed by atoms with Crippen molar-refractivity contribution in [2.45, 2.75) is 4.90 Å². The number of amides is 1. The molecular weight excluding hydrogens is 394 g/mol. The summed E-state index contributed by atoms with van der Waals surface area (Å²) in [6.45, 7) is 0. The Kier molecular flexibility index (Phi) is 6.03. The Hall–Kier alpha value is -2.81. The first-order valence-corrected chi connectivity index (χ1v) is 10.7. The molecule has 0 unspecified atom stereocenters. The van der Waals surface area contributed by atoms with Gasteiger partial charge in [-0.15, -0.1) is 11.3 Å². The van der Waals surface area contributed by atoms with E-state index >= 15 is 0 Å². The number of carbonyl (C=O) groups is 1. The minimum Gasteiger partial charge on any atom is -0.298 e. The fourth-order valence-corrected chi connectivity index (χ4v) is 3.98. The first-order valence-electron chi connectivity index (χ1n) is 8.39. The zero-order valence-electron chi connectivity index (χ0n) is 15.4. The molecule has 1 N–H and O–H groups in total. The number of hydrogen-bond acceptors (Lipinski definition) is 5. The molecule has 1 amide bonds. The number of nitrogens with zero attached hydrogens (tertiary/aromatic N) is 2. The molecule has 1 heterocycles. The van der Waals surface area contributed by atoms with Crippen LogP contribution in [0.5, 0.6) is 0 Å². The van der Waals surface area contributed by atoms with Gasteiger partial charge >= 0.3 is 0 Å². The predicted molar refractivity (Wildman–Crippen MR) is 113 cm³/mol. The maximum atomic E-state index is 12.1. The van der Waals surface area contributed by atoms with Gasteiger partial charge in [0.15, 0.2) is 5.13 Å². The molecule has 0 aliphatic rings. The van der Waals surface area contributed by atoms with Crippen LogP contribution in [0.2, 0.25) is 0 Å². The van der Waals surface area contributed by atoms with Gasteiger partial charge in [-0.25, -0.2) is 17.7 Å². The van der Waals surface area contributed by atoms with Crippen LogP contribution in [0.25, 0.3) is 17.3 Å². The number of thiazole rings is 1. The molecule has 0 aliphatic carbocycles. The van der Waals surface area contributed by atoms with E-state index in [-0.39, 0.29) is 10.8 Å². The van der Waals surface area contributed by atoms with Crippen molar-refractivity contribution in [1.82, 2.24) is 9.29 Å². The Morgan fingerprint density at radius 3 is 2.39 bits per heavy atom. The number of hydrogen-bond donors (Lipinski definition) is 1. The van der Waals surface area contributed by atoms with E-state index in [1.54, 1.807) is 30.3 Å². The lowest BCUT2D eigenvalue weighted by molar-refractivity contribution is -0.111. The quantitative estimate of drug-likeness (QED) is 0.625. The Morgan fingerprint density at radius 1 is 1.07 bits per heavy atom. The van der Waals surface area contributed by atoms with E-state index in [0.717, 1.165) is 11.1 Å². The van der Waals surface area contributed by atoms with E-state index in [4.69, 9.17) is 0 Å². The molecule has 144 valence electrons. The summed E-state index contributed by atoms with van der Waals surface area (Å²) in [5.74, 6) is -0.267. The van der Waals surface area contributed by atoms with Crippen LogP contribution in [0.1, 0.15) is 5.56 Å². The number of benzene rings is 2. The van der Waals surface area contributed by atoms with Gasteiger partial charge in [0.2, 0.25) is 15.9 Å². The highest BCUT2D eigenvalue weighted by atomic mass is 32.2. The van der Waals surface area contributed by atoms with Gasteiger partial charge in [-0.2, -0.15) is 0 Å². The lowest BCUT2D eigenvalue weighted by Gasteiger charge is -2.11. The number of anilines is 1. The van der Waals surface area contributed by atoms with Crippen molar-refractivity contribution in [1.29, 1.82) is 0 Å². The number of rotatable bonds is 6. The van der Waals surface area contributed by atoms with Crippen molar-refractivity contribution in [3.63, 3.8) is 0 Å². The second kappa shape index (κ2) is 8.47. The van der Waals surface area contributed by atoms with Gasteiger partial charge in [0.25, 0.3) is 0 Å². The maximum absolute atomic E-state index is 12.1. The van der Waals surface area contributed by atoms with Crippen molar-refractivity contribution in [2.75, 3.05) is 19.4 Å². The molecule has 1 aromatic heterocycles. The van der Waals surface area contributed by atoms with Crippen LogP contribution in [-0.2, 0) is 14.8 Å². The Bertz CT molecular complexity index is 1090. The molecule has 0 spiro atoms. The number of carbonyl (C=O) groups excluding carboxylic acids is 1. The summed E-state index contributed by atoms with van der Waals surface area (Å²) in [4.78, 5) is 16.7. The van der Waals surface area contributed by atoms with Crippen molar-refractivity contribution < 1.29 is 13.2 Å². The summed E-state index contributed by atoms with van der Waals surface area (Å²) < 4.78 is 25.4. The van der Waals surface area contributed by atoms with E-state index in [2.05, 4.69) is 10.3 Å². The molecule has 0 atom stereocenters. The maximum Gasteiger partial charge on any atom is 0.250 e.